The van der Waals surface area contributed by atoms with Crippen molar-refractivity contribution in [3.05, 3.63) is 154 Å². The van der Waals surface area contributed by atoms with Crippen LogP contribution in [0.1, 0.15) is 47.2 Å². The summed E-state index contributed by atoms with van der Waals surface area (Å²) in [4.78, 5) is 23.4. The molecule has 0 fully saturated rings. The van der Waals surface area contributed by atoms with Gasteiger partial charge in [0.1, 0.15) is 17.3 Å². The lowest BCUT2D eigenvalue weighted by Crippen LogP contribution is -2.07. The predicted octanol–water partition coefficient (Wildman–Crippen LogP) is 9.30. The van der Waals surface area contributed by atoms with Gasteiger partial charge in [0.2, 0.25) is 0 Å². The minimum atomic E-state index is -0.470. The quantitative estimate of drug-likeness (QED) is 0.0825. The maximum Gasteiger partial charge on any atom is 0.338 e. The van der Waals surface area contributed by atoms with Gasteiger partial charge in [-0.05, 0) is 72.0 Å². The summed E-state index contributed by atoms with van der Waals surface area (Å²) < 4.78 is 25.3. The van der Waals surface area contributed by atoms with E-state index < -0.39 is 11.9 Å². The molecular weight excluding hydrogens is 539 g/mol. The molecule has 4 rings (SSSR count). The average molecular weight is 571 g/mol. The topological polar surface area (TPSA) is 52.6 Å². The molecule has 214 valence electrons. The van der Waals surface area contributed by atoms with Crippen molar-refractivity contribution in [3.8, 4) is 11.5 Å². The summed E-state index contributed by atoms with van der Waals surface area (Å²) in [6.07, 6.45) is 11.2. The number of carbonyl (C=O) groups is 2. The highest BCUT2D eigenvalue weighted by atomic mass is 19.1. The number of esters is 2. The van der Waals surface area contributed by atoms with Crippen LogP contribution in [0.4, 0.5) is 4.39 Å². The molecule has 0 bridgehead atoms. The van der Waals surface area contributed by atoms with Gasteiger partial charge in [-0.3, -0.25) is 0 Å². The molecule has 5 heteroatoms. The van der Waals surface area contributed by atoms with E-state index in [4.69, 9.17) is 9.47 Å². The number of ether oxygens (including phenoxy) is 2. The van der Waals surface area contributed by atoms with E-state index in [0.717, 1.165) is 27.8 Å². The van der Waals surface area contributed by atoms with E-state index in [1.54, 1.807) is 50.3 Å². The van der Waals surface area contributed by atoms with E-state index in [-0.39, 0.29) is 5.82 Å². The molecule has 0 heterocycles. The minimum Gasteiger partial charge on any atom is -0.423 e. The molecule has 0 spiro atoms. The molecule has 0 atom stereocenters. The second-order valence-electron chi connectivity index (χ2n) is 9.93. The van der Waals surface area contributed by atoms with Crippen LogP contribution in [0.3, 0.4) is 0 Å². The van der Waals surface area contributed by atoms with E-state index in [0.29, 0.717) is 28.2 Å². The van der Waals surface area contributed by atoms with Gasteiger partial charge >= 0.3 is 11.9 Å². The van der Waals surface area contributed by atoms with Crippen LogP contribution >= 0.6 is 0 Å². The van der Waals surface area contributed by atoms with Crippen molar-refractivity contribution >= 4 is 48.4 Å². The molecule has 0 unspecified atom stereocenters. The van der Waals surface area contributed by atoms with E-state index in [2.05, 4.69) is 13.2 Å². The number of benzene rings is 4. The molecule has 0 aliphatic carbocycles. The van der Waals surface area contributed by atoms with Gasteiger partial charge in [-0.2, -0.15) is 0 Å². The zero-order valence-corrected chi connectivity index (χ0v) is 24.0. The van der Waals surface area contributed by atoms with Gasteiger partial charge in [-0.15, -0.1) is 0 Å². The molecule has 0 saturated heterocycles. The van der Waals surface area contributed by atoms with Crippen LogP contribution < -0.4 is 9.47 Å². The Morgan fingerprint density at radius 3 is 1.53 bits per heavy atom. The van der Waals surface area contributed by atoms with Gasteiger partial charge in [0.25, 0.3) is 0 Å². The fraction of sp³-hybridized carbons (Fsp3) is 0.0526. The number of hydrogen-bond acceptors (Lipinski definition) is 4. The van der Waals surface area contributed by atoms with Crippen LogP contribution in [0.25, 0.3) is 36.5 Å². The van der Waals surface area contributed by atoms with E-state index in [1.165, 1.54) is 6.07 Å². The Labute approximate surface area is 251 Å². The minimum absolute atomic E-state index is 0.323. The van der Waals surface area contributed by atoms with Crippen LogP contribution in [0.15, 0.2) is 115 Å². The van der Waals surface area contributed by atoms with Gasteiger partial charge in [-0.1, -0.05) is 110 Å². The fourth-order valence-corrected chi connectivity index (χ4v) is 3.79. The molecule has 0 N–H and O–H groups in total. The van der Waals surface area contributed by atoms with E-state index in [1.807, 2.05) is 85.0 Å². The third-order valence-electron chi connectivity index (χ3n) is 6.21. The Hall–Kier alpha value is -5.55. The SMILES string of the molecule is C=C(C)C(=O)Oc1ccc(C=Cc2ccc(C=Cc3ccc(C=Cc4cccc(OC(=O)C(=C)C)c4)cc3)c(F)c2)cc1. The van der Waals surface area contributed by atoms with Gasteiger partial charge in [-0.25, -0.2) is 14.0 Å². The highest BCUT2D eigenvalue weighted by Crippen LogP contribution is 2.20. The highest BCUT2D eigenvalue weighted by Gasteiger charge is 2.06. The first-order valence-corrected chi connectivity index (χ1v) is 13.6. The monoisotopic (exact) mass is 570 g/mol. The van der Waals surface area contributed by atoms with Crippen molar-refractivity contribution in [3.63, 3.8) is 0 Å². The number of carbonyl (C=O) groups excluding carboxylic acids is 2. The Bertz CT molecular complexity index is 1740. The van der Waals surface area contributed by atoms with Gasteiger partial charge in [0.15, 0.2) is 0 Å². The molecule has 0 aliphatic heterocycles. The van der Waals surface area contributed by atoms with Crippen LogP contribution in [0, 0.1) is 5.82 Å². The second kappa shape index (κ2) is 14.4. The number of hydrogen-bond donors (Lipinski definition) is 0. The van der Waals surface area contributed by atoms with Crippen molar-refractivity contribution in [1.29, 1.82) is 0 Å². The molecule has 0 saturated carbocycles. The van der Waals surface area contributed by atoms with Crippen molar-refractivity contribution < 1.29 is 23.5 Å². The largest absolute Gasteiger partial charge is 0.423 e. The highest BCUT2D eigenvalue weighted by molar-refractivity contribution is 5.89. The summed E-state index contributed by atoms with van der Waals surface area (Å²) in [7, 11) is 0. The van der Waals surface area contributed by atoms with Crippen molar-refractivity contribution in [1.82, 2.24) is 0 Å². The summed E-state index contributed by atoms with van der Waals surface area (Å²) in [6, 6.07) is 27.2. The van der Waals surface area contributed by atoms with Crippen molar-refractivity contribution in [2.24, 2.45) is 0 Å². The van der Waals surface area contributed by atoms with Crippen molar-refractivity contribution in [2.45, 2.75) is 13.8 Å². The Morgan fingerprint density at radius 2 is 1.00 bits per heavy atom. The first-order chi connectivity index (χ1) is 20.7. The molecule has 0 aliphatic rings. The van der Waals surface area contributed by atoms with E-state index in [9.17, 15) is 14.0 Å². The third kappa shape index (κ3) is 9.23. The summed E-state index contributed by atoms with van der Waals surface area (Å²) in [5, 5.41) is 0. The first-order valence-electron chi connectivity index (χ1n) is 13.6. The lowest BCUT2D eigenvalue weighted by molar-refractivity contribution is -0.130. The molecule has 0 aromatic heterocycles. The lowest BCUT2D eigenvalue weighted by atomic mass is 10.1. The molecule has 4 nitrogen and oxygen atoms in total. The molecule has 43 heavy (non-hydrogen) atoms. The zero-order valence-electron chi connectivity index (χ0n) is 24.0. The summed E-state index contributed by atoms with van der Waals surface area (Å²) >= 11 is 0. The fourth-order valence-electron chi connectivity index (χ4n) is 3.79. The summed E-state index contributed by atoms with van der Waals surface area (Å²) in [5.74, 6) is -0.355. The molecule has 4 aromatic rings. The van der Waals surface area contributed by atoms with Gasteiger partial charge < -0.3 is 9.47 Å². The molecule has 4 aromatic carbocycles. The maximum atomic E-state index is 14.8. The summed E-state index contributed by atoms with van der Waals surface area (Å²) in [6.45, 7) is 10.4. The Kier molecular flexibility index (Phi) is 10.2. The van der Waals surface area contributed by atoms with Crippen molar-refractivity contribution in [2.75, 3.05) is 0 Å². The molecule has 0 radical (unpaired) electrons. The second-order valence-corrected chi connectivity index (χ2v) is 9.93. The number of halogens is 1. The smallest absolute Gasteiger partial charge is 0.338 e. The Balaban J connectivity index is 1.34. The lowest BCUT2D eigenvalue weighted by Gasteiger charge is -2.04. The van der Waals surface area contributed by atoms with Crippen LogP contribution in [-0.2, 0) is 9.59 Å². The average Bonchev–Trinajstić information content (AvgIpc) is 3.00. The molecular formula is C38H31FO4. The number of rotatable bonds is 10. The molecule has 0 amide bonds. The van der Waals surface area contributed by atoms with Crippen LogP contribution in [-0.4, -0.2) is 11.9 Å². The van der Waals surface area contributed by atoms with Gasteiger partial charge in [0, 0.05) is 16.7 Å². The normalized spacial score (nSPS) is 11.2. The summed E-state index contributed by atoms with van der Waals surface area (Å²) in [5.41, 5.74) is 5.59. The maximum absolute atomic E-state index is 14.8. The van der Waals surface area contributed by atoms with Gasteiger partial charge in [0.05, 0.1) is 0 Å². The Morgan fingerprint density at radius 1 is 0.558 bits per heavy atom. The van der Waals surface area contributed by atoms with Crippen LogP contribution in [0.2, 0.25) is 0 Å². The van der Waals surface area contributed by atoms with E-state index >= 15 is 0 Å². The zero-order chi connectivity index (χ0) is 30.8. The van der Waals surface area contributed by atoms with Crippen LogP contribution in [0.5, 0.6) is 11.5 Å². The third-order valence-corrected chi connectivity index (χ3v) is 6.21. The first kappa shape index (κ1) is 30.4. The standard InChI is InChI=1S/C38H31FO4/c1-26(2)37(40)42-34-22-18-30(19-23-34)13-15-32-17-21-33(36(39)25-32)20-16-29-10-8-28(9-11-29)12-14-31-6-5-7-35(24-31)43-38(41)27(3)4/h5-25H,1,3H2,2,4H3. The predicted molar refractivity (Wildman–Crippen MR) is 173 cm³/mol.